The third kappa shape index (κ3) is 2.74. The van der Waals surface area contributed by atoms with Gasteiger partial charge in [0, 0.05) is 5.39 Å². The monoisotopic (exact) mass is 332 g/mol. The molecule has 0 spiro atoms. The summed E-state index contributed by atoms with van der Waals surface area (Å²) in [6.07, 6.45) is 0. The molecule has 0 amide bonds. The van der Waals surface area contributed by atoms with E-state index >= 15 is 0 Å². The molecule has 3 heteroatoms. The molecule has 0 saturated heterocycles. The summed E-state index contributed by atoms with van der Waals surface area (Å²) in [5, 5.41) is 11.9. The summed E-state index contributed by atoms with van der Waals surface area (Å²) in [5.74, 6) is -0.606. The van der Waals surface area contributed by atoms with Gasteiger partial charge in [-0.2, -0.15) is 0 Å². The Morgan fingerprint density at radius 3 is 1.88 bits per heavy atom. The number of hydrogen-bond donors (Lipinski definition) is 1. The Labute approximate surface area is 143 Å². The van der Waals surface area contributed by atoms with Crippen molar-refractivity contribution in [1.29, 1.82) is 0 Å². The quantitative estimate of drug-likeness (QED) is 0.466. The van der Waals surface area contributed by atoms with Crippen molar-refractivity contribution in [3.8, 4) is 28.0 Å². The average molecular weight is 332 g/mol. The van der Waals surface area contributed by atoms with E-state index in [4.69, 9.17) is 0 Å². The highest BCUT2D eigenvalue weighted by Crippen LogP contribution is 2.42. The van der Waals surface area contributed by atoms with Gasteiger partial charge in [-0.1, -0.05) is 48.5 Å². The van der Waals surface area contributed by atoms with Gasteiger partial charge >= 0.3 is 0 Å². The molecule has 0 aliphatic heterocycles. The van der Waals surface area contributed by atoms with Crippen LogP contribution in [0.4, 0.5) is 8.78 Å². The van der Waals surface area contributed by atoms with Crippen LogP contribution in [0.2, 0.25) is 0 Å². The van der Waals surface area contributed by atoms with E-state index in [9.17, 15) is 13.9 Å². The molecule has 0 aromatic heterocycles. The standard InChI is InChI=1S/C22H14F2O/c23-16-7-3-5-14(11-16)20-13-21(25)18-9-1-2-10-19(18)22(20)15-6-4-8-17(24)12-15/h1-13,25H. The molecule has 0 fully saturated rings. The van der Waals surface area contributed by atoms with Gasteiger partial charge in [0.1, 0.15) is 17.4 Å². The number of fused-ring (bicyclic) bond motifs is 1. The maximum Gasteiger partial charge on any atom is 0.124 e. The third-order valence-electron chi connectivity index (χ3n) is 4.27. The zero-order chi connectivity index (χ0) is 17.4. The van der Waals surface area contributed by atoms with E-state index in [0.717, 1.165) is 10.9 Å². The van der Waals surface area contributed by atoms with Crippen LogP contribution in [0.25, 0.3) is 33.0 Å². The molecule has 0 saturated carbocycles. The number of rotatable bonds is 2. The summed E-state index contributed by atoms with van der Waals surface area (Å²) in [6.45, 7) is 0. The van der Waals surface area contributed by atoms with Crippen LogP contribution in [0, 0.1) is 11.6 Å². The van der Waals surface area contributed by atoms with Gasteiger partial charge in [0.15, 0.2) is 0 Å². The first kappa shape index (κ1) is 15.3. The molecule has 4 aromatic rings. The number of phenols is 1. The van der Waals surface area contributed by atoms with Gasteiger partial charge in [-0.3, -0.25) is 0 Å². The van der Waals surface area contributed by atoms with Gasteiger partial charge in [-0.25, -0.2) is 8.78 Å². The lowest BCUT2D eigenvalue weighted by Crippen LogP contribution is -1.90. The number of phenolic OH excluding ortho intramolecular Hbond substituents is 1. The molecular formula is C22H14F2O. The summed E-state index contributed by atoms with van der Waals surface area (Å²) in [6, 6.07) is 21.4. The molecule has 1 nitrogen and oxygen atoms in total. The maximum absolute atomic E-state index is 13.8. The van der Waals surface area contributed by atoms with E-state index in [1.807, 2.05) is 30.3 Å². The molecule has 4 aromatic carbocycles. The lowest BCUT2D eigenvalue weighted by molar-refractivity contribution is 0.482. The van der Waals surface area contributed by atoms with Gasteiger partial charge in [0.25, 0.3) is 0 Å². The van der Waals surface area contributed by atoms with Gasteiger partial charge in [0.05, 0.1) is 0 Å². The molecule has 0 unspecified atom stereocenters. The topological polar surface area (TPSA) is 20.2 Å². The lowest BCUT2D eigenvalue weighted by Gasteiger charge is -2.15. The Bertz CT molecular complexity index is 1090. The molecular weight excluding hydrogens is 318 g/mol. The number of aromatic hydroxyl groups is 1. The van der Waals surface area contributed by atoms with E-state index in [0.29, 0.717) is 22.1 Å². The highest BCUT2D eigenvalue weighted by molar-refractivity contribution is 6.06. The van der Waals surface area contributed by atoms with Crippen LogP contribution in [-0.4, -0.2) is 5.11 Å². The Hall–Kier alpha value is -3.20. The first-order valence-electron chi connectivity index (χ1n) is 7.90. The van der Waals surface area contributed by atoms with Gasteiger partial charge < -0.3 is 5.11 Å². The third-order valence-corrected chi connectivity index (χ3v) is 4.27. The van der Waals surface area contributed by atoms with Gasteiger partial charge in [-0.15, -0.1) is 0 Å². The smallest absolute Gasteiger partial charge is 0.124 e. The normalized spacial score (nSPS) is 11.0. The fourth-order valence-electron chi connectivity index (χ4n) is 3.19. The SMILES string of the molecule is Oc1cc(-c2cccc(F)c2)c(-c2cccc(F)c2)c2ccccc12. The first-order chi connectivity index (χ1) is 12.1. The van der Waals surface area contributed by atoms with Crippen molar-refractivity contribution in [1.82, 2.24) is 0 Å². The molecule has 0 heterocycles. The molecule has 4 rings (SSSR count). The molecule has 0 aliphatic rings. The Kier molecular flexibility index (Phi) is 3.69. The zero-order valence-electron chi connectivity index (χ0n) is 13.2. The highest BCUT2D eigenvalue weighted by atomic mass is 19.1. The second-order valence-electron chi connectivity index (χ2n) is 5.88. The number of benzene rings is 4. The van der Waals surface area contributed by atoms with Crippen molar-refractivity contribution < 1.29 is 13.9 Å². The Morgan fingerprint density at radius 2 is 1.20 bits per heavy atom. The fourth-order valence-corrected chi connectivity index (χ4v) is 3.19. The molecule has 0 aliphatic carbocycles. The van der Waals surface area contributed by atoms with Crippen LogP contribution in [0.1, 0.15) is 0 Å². The summed E-state index contributed by atoms with van der Waals surface area (Å²) in [5.41, 5.74) is 2.72. The summed E-state index contributed by atoms with van der Waals surface area (Å²) in [4.78, 5) is 0. The lowest BCUT2D eigenvalue weighted by atomic mass is 9.89. The average Bonchev–Trinajstić information content (AvgIpc) is 2.61. The molecule has 1 N–H and O–H groups in total. The predicted molar refractivity (Wildman–Crippen MR) is 96.4 cm³/mol. The highest BCUT2D eigenvalue weighted by Gasteiger charge is 2.15. The van der Waals surface area contributed by atoms with E-state index in [1.54, 1.807) is 24.3 Å². The largest absolute Gasteiger partial charge is 0.507 e. The van der Waals surface area contributed by atoms with Crippen molar-refractivity contribution in [2.24, 2.45) is 0 Å². The Balaban J connectivity index is 2.13. The van der Waals surface area contributed by atoms with Gasteiger partial charge in [0.2, 0.25) is 0 Å². The Morgan fingerprint density at radius 1 is 0.600 bits per heavy atom. The minimum atomic E-state index is -0.365. The van der Waals surface area contributed by atoms with Gasteiger partial charge in [-0.05, 0) is 58.0 Å². The molecule has 25 heavy (non-hydrogen) atoms. The van der Waals surface area contributed by atoms with Crippen LogP contribution < -0.4 is 0 Å². The number of halogens is 2. The van der Waals surface area contributed by atoms with Crippen molar-refractivity contribution in [2.45, 2.75) is 0 Å². The summed E-state index contributed by atoms with van der Waals surface area (Å²) >= 11 is 0. The summed E-state index contributed by atoms with van der Waals surface area (Å²) in [7, 11) is 0. The second-order valence-corrected chi connectivity index (χ2v) is 5.88. The van der Waals surface area contributed by atoms with Crippen LogP contribution in [0.3, 0.4) is 0 Å². The van der Waals surface area contributed by atoms with Crippen LogP contribution >= 0.6 is 0 Å². The van der Waals surface area contributed by atoms with Crippen molar-refractivity contribution in [2.75, 3.05) is 0 Å². The molecule has 122 valence electrons. The van der Waals surface area contributed by atoms with E-state index < -0.39 is 0 Å². The van der Waals surface area contributed by atoms with Crippen molar-refractivity contribution >= 4 is 10.8 Å². The van der Waals surface area contributed by atoms with E-state index in [2.05, 4.69) is 0 Å². The predicted octanol–water partition coefficient (Wildman–Crippen LogP) is 6.16. The minimum absolute atomic E-state index is 0.106. The first-order valence-corrected chi connectivity index (χ1v) is 7.90. The minimum Gasteiger partial charge on any atom is -0.507 e. The fraction of sp³-hybridized carbons (Fsp3) is 0. The van der Waals surface area contributed by atoms with E-state index in [-0.39, 0.29) is 17.4 Å². The molecule has 0 atom stereocenters. The van der Waals surface area contributed by atoms with Crippen LogP contribution in [-0.2, 0) is 0 Å². The molecule has 0 bridgehead atoms. The summed E-state index contributed by atoms with van der Waals surface area (Å²) < 4.78 is 27.6. The zero-order valence-corrected chi connectivity index (χ0v) is 13.2. The van der Waals surface area contributed by atoms with Crippen LogP contribution in [0.5, 0.6) is 5.75 Å². The van der Waals surface area contributed by atoms with Crippen molar-refractivity contribution in [3.05, 3.63) is 90.5 Å². The van der Waals surface area contributed by atoms with E-state index in [1.165, 1.54) is 24.3 Å². The number of hydrogen-bond acceptors (Lipinski definition) is 1. The second kappa shape index (κ2) is 6.02. The maximum atomic E-state index is 13.8. The van der Waals surface area contributed by atoms with Crippen molar-refractivity contribution in [3.63, 3.8) is 0 Å². The van der Waals surface area contributed by atoms with Crippen LogP contribution in [0.15, 0.2) is 78.9 Å². The molecule has 0 radical (unpaired) electrons.